The molecule has 1 fully saturated rings. The number of aliphatic carboxylic acids is 1. The van der Waals surface area contributed by atoms with E-state index < -0.39 is 12.1 Å². The van der Waals surface area contributed by atoms with E-state index in [1.54, 1.807) is 7.11 Å². The number of carboxylic acids is 1. The summed E-state index contributed by atoms with van der Waals surface area (Å²) in [5.41, 5.74) is 0. The summed E-state index contributed by atoms with van der Waals surface area (Å²) < 4.78 is 10.3. The van der Waals surface area contributed by atoms with Gasteiger partial charge in [-0.2, -0.15) is 0 Å². The van der Waals surface area contributed by atoms with Gasteiger partial charge in [-0.3, -0.25) is 0 Å². The Morgan fingerprint density at radius 3 is 2.94 bits per heavy atom. The smallest absolute Gasteiger partial charge is 0.332 e. The van der Waals surface area contributed by atoms with Crippen LogP contribution < -0.4 is 5.32 Å². The van der Waals surface area contributed by atoms with Crippen LogP contribution in [0.3, 0.4) is 0 Å². The topological polar surface area (TPSA) is 67.8 Å². The number of unbranched alkanes of at least 4 members (excludes halogenated alkanes) is 1. The summed E-state index contributed by atoms with van der Waals surface area (Å²) in [6.07, 6.45) is 3.05. The molecule has 16 heavy (non-hydrogen) atoms. The fraction of sp³-hybridized carbons (Fsp3) is 0.909. The Bertz CT molecular complexity index is 210. The lowest BCUT2D eigenvalue weighted by Gasteiger charge is -2.12. The molecule has 5 heteroatoms. The van der Waals surface area contributed by atoms with E-state index in [1.165, 1.54) is 0 Å². The van der Waals surface area contributed by atoms with Gasteiger partial charge >= 0.3 is 5.97 Å². The highest BCUT2D eigenvalue weighted by molar-refractivity contribution is 5.72. The summed E-state index contributed by atoms with van der Waals surface area (Å²) in [5.74, 6) is -0.845. The Morgan fingerprint density at radius 1 is 1.50 bits per heavy atom. The van der Waals surface area contributed by atoms with Crippen molar-refractivity contribution in [3.8, 4) is 0 Å². The molecule has 1 aliphatic heterocycles. The summed E-state index contributed by atoms with van der Waals surface area (Å²) >= 11 is 0. The van der Waals surface area contributed by atoms with Crippen LogP contribution in [0.5, 0.6) is 0 Å². The first-order chi connectivity index (χ1) is 7.74. The zero-order valence-electron chi connectivity index (χ0n) is 9.78. The van der Waals surface area contributed by atoms with Crippen LogP contribution in [0, 0.1) is 0 Å². The Hall–Kier alpha value is -0.650. The third kappa shape index (κ3) is 4.92. The van der Waals surface area contributed by atoms with Crippen LogP contribution >= 0.6 is 0 Å². The maximum Gasteiger partial charge on any atom is 0.332 e. The number of hydrogen-bond donors (Lipinski definition) is 2. The standard InChI is InChI=1S/C11H21NO4/c1-15-7-3-2-6-12-8-9-4-5-10(16-9)11(13)14/h9-10,12H,2-8H2,1H3,(H,13,14). The van der Waals surface area contributed by atoms with Crippen LogP contribution in [0.25, 0.3) is 0 Å². The highest BCUT2D eigenvalue weighted by Crippen LogP contribution is 2.19. The largest absolute Gasteiger partial charge is 0.479 e. The lowest BCUT2D eigenvalue weighted by molar-refractivity contribution is -0.149. The third-order valence-electron chi connectivity index (χ3n) is 2.71. The second kappa shape index (κ2) is 7.60. The molecule has 0 bridgehead atoms. The molecule has 1 saturated heterocycles. The Kier molecular flexibility index (Phi) is 6.37. The summed E-state index contributed by atoms with van der Waals surface area (Å²) in [7, 11) is 1.70. The van der Waals surface area contributed by atoms with Gasteiger partial charge in [0.05, 0.1) is 6.10 Å². The van der Waals surface area contributed by atoms with Crippen molar-refractivity contribution in [2.45, 2.75) is 37.9 Å². The lowest BCUT2D eigenvalue weighted by Crippen LogP contribution is -2.29. The van der Waals surface area contributed by atoms with Crippen LogP contribution in [0.1, 0.15) is 25.7 Å². The predicted molar refractivity (Wildman–Crippen MR) is 59.5 cm³/mol. The van der Waals surface area contributed by atoms with Crippen LogP contribution in [-0.4, -0.2) is 50.1 Å². The van der Waals surface area contributed by atoms with Crippen molar-refractivity contribution in [2.75, 3.05) is 26.8 Å². The lowest BCUT2D eigenvalue weighted by atomic mass is 10.2. The van der Waals surface area contributed by atoms with Crippen LogP contribution in [0.15, 0.2) is 0 Å². The molecule has 94 valence electrons. The molecule has 0 aromatic heterocycles. The number of ether oxygens (including phenoxy) is 2. The number of nitrogens with one attached hydrogen (secondary N) is 1. The van der Waals surface area contributed by atoms with Crippen LogP contribution in [0.2, 0.25) is 0 Å². The van der Waals surface area contributed by atoms with Crippen molar-refractivity contribution < 1.29 is 19.4 Å². The molecule has 0 aliphatic carbocycles. The van der Waals surface area contributed by atoms with E-state index in [9.17, 15) is 4.79 Å². The van der Waals surface area contributed by atoms with Gasteiger partial charge in [-0.25, -0.2) is 4.79 Å². The zero-order chi connectivity index (χ0) is 11.8. The summed E-state index contributed by atoms with van der Waals surface area (Å²) in [4.78, 5) is 10.6. The Morgan fingerprint density at radius 2 is 2.31 bits per heavy atom. The molecule has 2 atom stereocenters. The van der Waals surface area contributed by atoms with E-state index in [2.05, 4.69) is 5.32 Å². The minimum Gasteiger partial charge on any atom is -0.479 e. The first kappa shape index (κ1) is 13.4. The molecular formula is C11H21NO4. The molecular weight excluding hydrogens is 210 g/mol. The molecule has 0 aromatic carbocycles. The van der Waals surface area contributed by atoms with E-state index >= 15 is 0 Å². The number of carbonyl (C=O) groups is 1. The Labute approximate surface area is 96.1 Å². The number of carboxylic acid groups (broad SMARTS) is 1. The fourth-order valence-corrected chi connectivity index (χ4v) is 1.80. The molecule has 0 amide bonds. The quantitative estimate of drug-likeness (QED) is 0.600. The number of rotatable bonds is 8. The average Bonchev–Trinajstić information content (AvgIpc) is 2.72. The fourth-order valence-electron chi connectivity index (χ4n) is 1.80. The molecule has 1 aliphatic rings. The first-order valence-electron chi connectivity index (χ1n) is 5.82. The summed E-state index contributed by atoms with van der Waals surface area (Å²) in [5, 5.41) is 12.0. The monoisotopic (exact) mass is 231 g/mol. The average molecular weight is 231 g/mol. The second-order valence-corrected chi connectivity index (χ2v) is 4.07. The maximum absolute atomic E-state index is 10.6. The van der Waals surface area contributed by atoms with Crippen molar-refractivity contribution in [2.24, 2.45) is 0 Å². The molecule has 0 saturated carbocycles. The molecule has 1 heterocycles. The molecule has 2 unspecified atom stereocenters. The van der Waals surface area contributed by atoms with Gasteiger partial charge in [0.15, 0.2) is 6.10 Å². The van der Waals surface area contributed by atoms with E-state index in [0.29, 0.717) is 6.42 Å². The van der Waals surface area contributed by atoms with Gasteiger partial charge < -0.3 is 19.9 Å². The minimum absolute atomic E-state index is 0.0588. The zero-order valence-corrected chi connectivity index (χ0v) is 9.78. The third-order valence-corrected chi connectivity index (χ3v) is 2.71. The van der Waals surface area contributed by atoms with Gasteiger partial charge in [0.1, 0.15) is 0 Å². The number of methoxy groups -OCH3 is 1. The van der Waals surface area contributed by atoms with Gasteiger partial charge in [-0.05, 0) is 32.2 Å². The van der Waals surface area contributed by atoms with E-state index in [4.69, 9.17) is 14.6 Å². The van der Waals surface area contributed by atoms with E-state index in [1.807, 2.05) is 0 Å². The summed E-state index contributed by atoms with van der Waals surface area (Å²) in [6.45, 7) is 2.47. The van der Waals surface area contributed by atoms with Crippen molar-refractivity contribution in [1.29, 1.82) is 0 Å². The maximum atomic E-state index is 10.6. The molecule has 2 N–H and O–H groups in total. The van der Waals surface area contributed by atoms with Crippen molar-refractivity contribution in [3.63, 3.8) is 0 Å². The molecule has 0 spiro atoms. The normalized spacial score (nSPS) is 24.8. The highest BCUT2D eigenvalue weighted by Gasteiger charge is 2.29. The van der Waals surface area contributed by atoms with Gasteiger partial charge in [0.2, 0.25) is 0 Å². The summed E-state index contributed by atoms with van der Waals surface area (Å²) in [6, 6.07) is 0. The van der Waals surface area contributed by atoms with Crippen molar-refractivity contribution in [3.05, 3.63) is 0 Å². The Balaban J connectivity index is 1.96. The minimum atomic E-state index is -0.845. The van der Waals surface area contributed by atoms with Crippen molar-refractivity contribution in [1.82, 2.24) is 5.32 Å². The molecule has 1 rings (SSSR count). The second-order valence-electron chi connectivity index (χ2n) is 4.07. The van der Waals surface area contributed by atoms with E-state index in [-0.39, 0.29) is 6.10 Å². The van der Waals surface area contributed by atoms with Gasteiger partial charge in [-0.15, -0.1) is 0 Å². The molecule has 0 radical (unpaired) electrons. The van der Waals surface area contributed by atoms with Crippen LogP contribution in [0.4, 0.5) is 0 Å². The molecule has 5 nitrogen and oxygen atoms in total. The van der Waals surface area contributed by atoms with Gasteiger partial charge in [0, 0.05) is 20.3 Å². The molecule has 0 aromatic rings. The van der Waals surface area contributed by atoms with Gasteiger partial charge in [-0.1, -0.05) is 0 Å². The predicted octanol–water partition coefficient (Wildman–Crippen LogP) is 0.635. The van der Waals surface area contributed by atoms with Crippen LogP contribution in [-0.2, 0) is 14.3 Å². The first-order valence-corrected chi connectivity index (χ1v) is 5.82. The number of hydrogen-bond acceptors (Lipinski definition) is 4. The van der Waals surface area contributed by atoms with Gasteiger partial charge in [0.25, 0.3) is 0 Å². The van der Waals surface area contributed by atoms with Crippen molar-refractivity contribution >= 4 is 5.97 Å². The highest BCUT2D eigenvalue weighted by atomic mass is 16.5. The van der Waals surface area contributed by atoms with E-state index in [0.717, 1.165) is 39.0 Å². The SMILES string of the molecule is COCCCCNCC1CCC(C(=O)O)O1.